The van der Waals surface area contributed by atoms with E-state index in [0.717, 1.165) is 12.8 Å². The number of sulfonamides is 1. The molecule has 1 saturated heterocycles. The summed E-state index contributed by atoms with van der Waals surface area (Å²) in [4.78, 5) is 19.4. The first-order chi connectivity index (χ1) is 15.8. The minimum atomic E-state index is -3.88. The van der Waals surface area contributed by atoms with Crippen LogP contribution < -0.4 is 9.46 Å². The van der Waals surface area contributed by atoms with Crippen molar-refractivity contribution in [3.63, 3.8) is 0 Å². The molecule has 0 radical (unpaired) electrons. The van der Waals surface area contributed by atoms with Crippen LogP contribution in [0.5, 0.6) is 5.75 Å². The third kappa shape index (κ3) is 5.00. The molecule has 3 aromatic rings. The average Bonchev–Trinajstić information content (AvgIpc) is 3.25. The number of piperidine rings is 1. The summed E-state index contributed by atoms with van der Waals surface area (Å²) < 4.78 is 38.9. The lowest BCUT2D eigenvalue weighted by atomic mass is 9.96. The first kappa shape index (κ1) is 22.8. The SMILES string of the molecule is COc1ccc(NS(=O)(=O)c2ccc(C)c(C(=O)N3CCCC(c4nc(C)no4)C3)c2)cc1. The van der Waals surface area contributed by atoms with Gasteiger partial charge < -0.3 is 14.2 Å². The van der Waals surface area contributed by atoms with Gasteiger partial charge in [0, 0.05) is 24.3 Å². The molecule has 1 N–H and O–H groups in total. The maximum Gasteiger partial charge on any atom is 0.261 e. The zero-order chi connectivity index (χ0) is 23.6. The lowest BCUT2D eigenvalue weighted by Gasteiger charge is -2.31. The van der Waals surface area contributed by atoms with Crippen LogP contribution in [0.25, 0.3) is 0 Å². The van der Waals surface area contributed by atoms with Crippen LogP contribution in [0.3, 0.4) is 0 Å². The van der Waals surface area contributed by atoms with Crippen molar-refractivity contribution in [2.24, 2.45) is 0 Å². The van der Waals surface area contributed by atoms with Gasteiger partial charge in [0.15, 0.2) is 5.82 Å². The molecule has 2 aromatic carbocycles. The fourth-order valence-corrected chi connectivity index (χ4v) is 4.97. The zero-order valence-corrected chi connectivity index (χ0v) is 19.6. The van der Waals surface area contributed by atoms with Crippen molar-refractivity contribution in [2.75, 3.05) is 24.9 Å². The van der Waals surface area contributed by atoms with Gasteiger partial charge in [-0.1, -0.05) is 11.2 Å². The van der Waals surface area contributed by atoms with Gasteiger partial charge in [0.05, 0.1) is 17.9 Å². The van der Waals surface area contributed by atoms with Crippen LogP contribution in [0.2, 0.25) is 0 Å². The molecular weight excluding hydrogens is 444 g/mol. The number of benzene rings is 2. The van der Waals surface area contributed by atoms with E-state index in [9.17, 15) is 13.2 Å². The number of amides is 1. The summed E-state index contributed by atoms with van der Waals surface area (Å²) in [6, 6.07) is 11.1. The summed E-state index contributed by atoms with van der Waals surface area (Å²) in [6.45, 7) is 4.58. The van der Waals surface area contributed by atoms with Gasteiger partial charge in [0.1, 0.15) is 5.75 Å². The largest absolute Gasteiger partial charge is 0.497 e. The van der Waals surface area contributed by atoms with Gasteiger partial charge in [-0.2, -0.15) is 4.98 Å². The fraction of sp³-hybridized carbons (Fsp3) is 0.348. The van der Waals surface area contributed by atoms with Gasteiger partial charge >= 0.3 is 0 Å². The number of aromatic nitrogens is 2. The Labute approximate surface area is 192 Å². The molecule has 33 heavy (non-hydrogen) atoms. The van der Waals surface area contributed by atoms with E-state index in [0.29, 0.717) is 47.4 Å². The lowest BCUT2D eigenvalue weighted by Crippen LogP contribution is -2.39. The molecule has 174 valence electrons. The standard InChI is InChI=1S/C23H26N4O5S/c1-15-6-11-20(33(29,30)26-18-7-9-19(31-3)10-8-18)13-21(15)23(28)27-12-4-5-17(14-27)22-24-16(2)25-32-22/h6-11,13,17,26H,4-5,12,14H2,1-3H3. The van der Waals surface area contributed by atoms with Gasteiger partial charge in [0.25, 0.3) is 15.9 Å². The van der Waals surface area contributed by atoms with E-state index in [1.54, 1.807) is 49.1 Å². The molecule has 1 aliphatic rings. The second kappa shape index (κ2) is 9.22. The lowest BCUT2D eigenvalue weighted by molar-refractivity contribution is 0.0694. The minimum Gasteiger partial charge on any atom is -0.497 e. The predicted octanol–water partition coefficient (Wildman–Crippen LogP) is 3.52. The molecule has 1 aliphatic heterocycles. The van der Waals surface area contributed by atoms with E-state index in [-0.39, 0.29) is 16.7 Å². The number of hydrogen-bond donors (Lipinski definition) is 1. The molecule has 1 atom stereocenters. The topological polar surface area (TPSA) is 115 Å². The summed E-state index contributed by atoms with van der Waals surface area (Å²) in [5.74, 6) is 1.47. The Morgan fingerprint density at radius 3 is 2.61 bits per heavy atom. The van der Waals surface area contributed by atoms with Gasteiger partial charge in [0.2, 0.25) is 5.89 Å². The first-order valence-electron chi connectivity index (χ1n) is 10.6. The second-order valence-corrected chi connectivity index (χ2v) is 9.76. The first-order valence-corrected chi connectivity index (χ1v) is 12.1. The molecule has 9 nitrogen and oxygen atoms in total. The van der Waals surface area contributed by atoms with Gasteiger partial charge in [-0.3, -0.25) is 9.52 Å². The van der Waals surface area contributed by atoms with Crippen molar-refractivity contribution in [1.82, 2.24) is 15.0 Å². The van der Waals surface area contributed by atoms with Crippen molar-refractivity contribution >= 4 is 21.6 Å². The van der Waals surface area contributed by atoms with Crippen LogP contribution in [0.1, 0.15) is 46.4 Å². The van der Waals surface area contributed by atoms with Crippen molar-refractivity contribution in [1.29, 1.82) is 0 Å². The van der Waals surface area contributed by atoms with Crippen LogP contribution in [-0.4, -0.2) is 49.6 Å². The van der Waals surface area contributed by atoms with E-state index < -0.39 is 10.0 Å². The van der Waals surface area contributed by atoms with Crippen LogP contribution in [-0.2, 0) is 10.0 Å². The summed E-state index contributed by atoms with van der Waals surface area (Å²) in [6.07, 6.45) is 1.65. The number of carbonyl (C=O) groups is 1. The molecule has 0 saturated carbocycles. The Morgan fingerprint density at radius 2 is 1.94 bits per heavy atom. The van der Waals surface area contributed by atoms with E-state index in [1.165, 1.54) is 19.2 Å². The van der Waals surface area contributed by atoms with Crippen molar-refractivity contribution in [3.8, 4) is 5.75 Å². The maximum absolute atomic E-state index is 13.3. The molecular formula is C23H26N4O5S. The van der Waals surface area contributed by atoms with E-state index in [1.807, 2.05) is 0 Å². The molecule has 1 unspecified atom stereocenters. The molecule has 4 rings (SSSR count). The Kier molecular flexibility index (Phi) is 6.37. The smallest absolute Gasteiger partial charge is 0.261 e. The number of hydrogen-bond acceptors (Lipinski definition) is 7. The Morgan fingerprint density at radius 1 is 1.18 bits per heavy atom. The number of anilines is 1. The summed E-state index contributed by atoms with van der Waals surface area (Å²) in [5.41, 5.74) is 1.46. The molecule has 1 aromatic heterocycles. The zero-order valence-electron chi connectivity index (χ0n) is 18.7. The van der Waals surface area contributed by atoms with Crippen molar-refractivity contribution in [2.45, 2.75) is 37.5 Å². The summed E-state index contributed by atoms with van der Waals surface area (Å²) in [7, 11) is -2.34. The molecule has 0 bridgehead atoms. The molecule has 0 aliphatic carbocycles. The fourth-order valence-electron chi connectivity index (χ4n) is 3.88. The highest BCUT2D eigenvalue weighted by Crippen LogP contribution is 2.28. The molecule has 0 spiro atoms. The summed E-state index contributed by atoms with van der Waals surface area (Å²) >= 11 is 0. The highest BCUT2D eigenvalue weighted by Gasteiger charge is 2.30. The number of ether oxygens (including phenoxy) is 1. The molecule has 2 heterocycles. The quantitative estimate of drug-likeness (QED) is 0.586. The van der Waals surface area contributed by atoms with Crippen LogP contribution in [0, 0.1) is 13.8 Å². The highest BCUT2D eigenvalue weighted by molar-refractivity contribution is 7.92. The van der Waals surface area contributed by atoms with Crippen LogP contribution in [0.4, 0.5) is 5.69 Å². The monoisotopic (exact) mass is 470 g/mol. The predicted molar refractivity (Wildman–Crippen MR) is 122 cm³/mol. The number of aryl methyl sites for hydroxylation is 2. The minimum absolute atomic E-state index is 0.0216. The highest BCUT2D eigenvalue weighted by atomic mass is 32.2. The average molecular weight is 471 g/mol. The van der Waals surface area contributed by atoms with Crippen molar-refractivity contribution in [3.05, 3.63) is 65.3 Å². The number of rotatable bonds is 6. The maximum atomic E-state index is 13.3. The van der Waals surface area contributed by atoms with Gasteiger partial charge in [-0.05, 0) is 68.7 Å². The number of nitrogens with zero attached hydrogens (tertiary/aromatic N) is 3. The van der Waals surface area contributed by atoms with E-state index in [2.05, 4.69) is 14.9 Å². The molecule has 1 amide bonds. The third-order valence-corrected chi connectivity index (χ3v) is 7.07. The summed E-state index contributed by atoms with van der Waals surface area (Å²) in [5, 5.41) is 3.85. The van der Waals surface area contributed by atoms with E-state index in [4.69, 9.17) is 9.26 Å². The second-order valence-electron chi connectivity index (χ2n) is 8.08. The Balaban J connectivity index is 1.55. The van der Waals surface area contributed by atoms with Crippen LogP contribution in [0.15, 0.2) is 51.9 Å². The Bertz CT molecular complexity index is 1250. The van der Waals surface area contributed by atoms with Crippen LogP contribution >= 0.6 is 0 Å². The number of likely N-dealkylation sites (tertiary alicyclic amines) is 1. The normalized spacial score (nSPS) is 16.5. The molecule has 10 heteroatoms. The van der Waals surface area contributed by atoms with Crippen molar-refractivity contribution < 1.29 is 22.5 Å². The molecule has 1 fully saturated rings. The van der Waals surface area contributed by atoms with Gasteiger partial charge in [-0.15, -0.1) is 0 Å². The van der Waals surface area contributed by atoms with Gasteiger partial charge in [-0.25, -0.2) is 8.42 Å². The number of carbonyl (C=O) groups excluding carboxylic acids is 1. The third-order valence-electron chi connectivity index (χ3n) is 5.69. The Hall–Kier alpha value is -3.40. The van der Waals surface area contributed by atoms with E-state index >= 15 is 0 Å². The number of methoxy groups -OCH3 is 1. The number of nitrogens with one attached hydrogen (secondary N) is 1.